The molecule has 0 unspecified atom stereocenters. The lowest BCUT2D eigenvalue weighted by atomic mass is 9.90. The van der Waals surface area contributed by atoms with E-state index < -0.39 is 5.92 Å². The molecular weight excluding hydrogens is 256 g/mol. The van der Waals surface area contributed by atoms with Gasteiger partial charge in [-0.1, -0.05) is 18.2 Å². The van der Waals surface area contributed by atoms with Crippen molar-refractivity contribution < 1.29 is 14.0 Å². The summed E-state index contributed by atoms with van der Waals surface area (Å²) < 4.78 is 5.17. The van der Waals surface area contributed by atoms with Crippen molar-refractivity contribution in [3.63, 3.8) is 0 Å². The number of hydrogen-bond acceptors (Lipinski definition) is 3. The van der Waals surface area contributed by atoms with Crippen LogP contribution in [0, 0.1) is 0 Å². The van der Waals surface area contributed by atoms with E-state index in [-0.39, 0.29) is 18.2 Å². The smallest absolute Gasteiger partial charge is 0.228 e. The minimum atomic E-state index is -0.449. The van der Waals surface area contributed by atoms with E-state index in [0.29, 0.717) is 18.0 Å². The van der Waals surface area contributed by atoms with E-state index in [0.717, 1.165) is 5.56 Å². The predicted molar refractivity (Wildman–Crippen MR) is 73.0 cm³/mol. The number of anilines is 1. The molecule has 0 fully saturated rings. The van der Waals surface area contributed by atoms with Crippen molar-refractivity contribution in [3.8, 4) is 0 Å². The van der Waals surface area contributed by atoms with Crippen molar-refractivity contribution in [2.75, 3.05) is 5.32 Å². The summed E-state index contributed by atoms with van der Waals surface area (Å²) >= 11 is 0. The van der Waals surface area contributed by atoms with Gasteiger partial charge >= 0.3 is 0 Å². The van der Waals surface area contributed by atoms with Crippen LogP contribution < -0.4 is 10.6 Å². The number of rotatable bonds is 3. The molecule has 0 spiro atoms. The van der Waals surface area contributed by atoms with Gasteiger partial charge in [0.2, 0.25) is 11.8 Å². The van der Waals surface area contributed by atoms with Crippen LogP contribution >= 0.6 is 0 Å². The molecule has 1 aromatic carbocycles. The quantitative estimate of drug-likeness (QED) is 0.896. The number of furan rings is 1. The highest BCUT2D eigenvalue weighted by Crippen LogP contribution is 2.31. The van der Waals surface area contributed by atoms with Crippen LogP contribution in [0.5, 0.6) is 0 Å². The van der Waals surface area contributed by atoms with Crippen molar-refractivity contribution in [1.29, 1.82) is 0 Å². The zero-order valence-corrected chi connectivity index (χ0v) is 10.8. The van der Waals surface area contributed by atoms with E-state index in [9.17, 15) is 9.59 Å². The third kappa shape index (κ3) is 2.42. The van der Waals surface area contributed by atoms with Crippen LogP contribution in [0.3, 0.4) is 0 Å². The van der Waals surface area contributed by atoms with E-state index in [1.54, 1.807) is 24.5 Å². The van der Waals surface area contributed by atoms with Gasteiger partial charge < -0.3 is 15.1 Å². The maximum atomic E-state index is 12.3. The molecular formula is C15H14N2O3. The van der Waals surface area contributed by atoms with E-state index in [1.807, 2.05) is 18.2 Å². The Morgan fingerprint density at radius 1 is 1.30 bits per heavy atom. The van der Waals surface area contributed by atoms with E-state index >= 15 is 0 Å². The van der Waals surface area contributed by atoms with Crippen molar-refractivity contribution in [2.24, 2.45) is 0 Å². The zero-order chi connectivity index (χ0) is 13.9. The van der Waals surface area contributed by atoms with Gasteiger partial charge in [-0.3, -0.25) is 9.59 Å². The average molecular weight is 270 g/mol. The minimum absolute atomic E-state index is 0.137. The van der Waals surface area contributed by atoms with Gasteiger partial charge in [-0.05, 0) is 23.8 Å². The Morgan fingerprint density at radius 3 is 2.95 bits per heavy atom. The van der Waals surface area contributed by atoms with Crippen molar-refractivity contribution in [3.05, 3.63) is 54.0 Å². The van der Waals surface area contributed by atoms with Crippen LogP contribution in [0.1, 0.15) is 23.7 Å². The van der Waals surface area contributed by atoms with Crippen LogP contribution in [-0.4, -0.2) is 11.8 Å². The molecule has 20 heavy (non-hydrogen) atoms. The number of amides is 2. The molecule has 1 aliphatic heterocycles. The summed E-state index contributed by atoms with van der Waals surface area (Å²) in [6.45, 7) is 0.326. The number of carbonyl (C=O) groups excluding carboxylic acids is 2. The summed E-state index contributed by atoms with van der Waals surface area (Å²) in [7, 11) is 0. The number of nitrogens with one attached hydrogen (secondary N) is 2. The second kappa shape index (κ2) is 5.21. The first-order valence-electron chi connectivity index (χ1n) is 6.43. The summed E-state index contributed by atoms with van der Waals surface area (Å²) in [5.74, 6) is -0.0626. The fourth-order valence-electron chi connectivity index (χ4n) is 2.36. The number of para-hydroxylation sites is 1. The number of fused-ring (bicyclic) bond motifs is 1. The normalized spacial score (nSPS) is 17.2. The molecule has 2 N–H and O–H groups in total. The lowest BCUT2D eigenvalue weighted by molar-refractivity contribution is -0.126. The molecule has 0 bridgehead atoms. The summed E-state index contributed by atoms with van der Waals surface area (Å²) in [6.07, 6.45) is 1.73. The van der Waals surface area contributed by atoms with Crippen molar-refractivity contribution in [2.45, 2.75) is 18.9 Å². The number of benzene rings is 1. The van der Waals surface area contributed by atoms with Crippen LogP contribution in [0.4, 0.5) is 5.69 Å². The van der Waals surface area contributed by atoms with Gasteiger partial charge in [0.15, 0.2) is 0 Å². The summed E-state index contributed by atoms with van der Waals surface area (Å²) in [5.41, 5.74) is 1.56. The van der Waals surface area contributed by atoms with Gasteiger partial charge in [-0.2, -0.15) is 0 Å². The Kier molecular flexibility index (Phi) is 3.25. The summed E-state index contributed by atoms with van der Waals surface area (Å²) in [5, 5.41) is 5.58. The highest BCUT2D eigenvalue weighted by Gasteiger charge is 2.30. The van der Waals surface area contributed by atoms with Gasteiger partial charge in [0.05, 0.1) is 18.7 Å². The van der Waals surface area contributed by atoms with Crippen LogP contribution in [0.25, 0.3) is 0 Å². The molecule has 1 atom stereocenters. The Morgan fingerprint density at radius 2 is 2.15 bits per heavy atom. The first-order chi connectivity index (χ1) is 9.74. The predicted octanol–water partition coefficient (Wildman–Crippen LogP) is 2.02. The van der Waals surface area contributed by atoms with E-state index in [2.05, 4.69) is 10.6 Å². The first kappa shape index (κ1) is 12.5. The molecule has 0 radical (unpaired) electrons. The molecule has 2 heterocycles. The Balaban J connectivity index is 1.76. The van der Waals surface area contributed by atoms with E-state index in [4.69, 9.17) is 4.42 Å². The topological polar surface area (TPSA) is 71.3 Å². The lowest BCUT2D eigenvalue weighted by Gasteiger charge is -2.24. The lowest BCUT2D eigenvalue weighted by Crippen LogP contribution is -2.34. The van der Waals surface area contributed by atoms with Crippen molar-refractivity contribution in [1.82, 2.24) is 5.32 Å². The third-order valence-corrected chi connectivity index (χ3v) is 3.33. The number of hydrogen-bond donors (Lipinski definition) is 2. The molecule has 0 saturated carbocycles. The maximum absolute atomic E-state index is 12.3. The second-order valence-electron chi connectivity index (χ2n) is 4.69. The highest BCUT2D eigenvalue weighted by atomic mass is 16.3. The Bertz CT molecular complexity index is 634. The molecule has 0 aliphatic carbocycles. The molecule has 1 aliphatic rings. The number of carbonyl (C=O) groups is 2. The molecule has 5 nitrogen and oxygen atoms in total. The second-order valence-corrected chi connectivity index (χ2v) is 4.69. The molecule has 1 aromatic heterocycles. The largest absolute Gasteiger partial charge is 0.467 e. The SMILES string of the molecule is O=C1C[C@H](C(=O)NCc2ccco2)c2ccccc2N1. The summed E-state index contributed by atoms with van der Waals surface area (Å²) in [6, 6.07) is 10.9. The Labute approximate surface area is 116 Å². The van der Waals surface area contributed by atoms with Gasteiger partial charge in [-0.15, -0.1) is 0 Å². The molecule has 2 amide bonds. The van der Waals surface area contributed by atoms with Crippen molar-refractivity contribution >= 4 is 17.5 Å². The highest BCUT2D eigenvalue weighted by molar-refractivity contribution is 6.01. The fraction of sp³-hybridized carbons (Fsp3) is 0.200. The van der Waals surface area contributed by atoms with Gasteiger partial charge in [0, 0.05) is 12.1 Å². The third-order valence-electron chi connectivity index (χ3n) is 3.33. The zero-order valence-electron chi connectivity index (χ0n) is 10.8. The van der Waals surface area contributed by atoms with Crippen LogP contribution in [-0.2, 0) is 16.1 Å². The maximum Gasteiger partial charge on any atom is 0.228 e. The molecule has 2 aromatic rings. The Hall–Kier alpha value is -2.56. The van der Waals surface area contributed by atoms with Gasteiger partial charge in [0.1, 0.15) is 5.76 Å². The molecule has 5 heteroatoms. The molecule has 0 saturated heterocycles. The van der Waals surface area contributed by atoms with Gasteiger partial charge in [-0.25, -0.2) is 0 Å². The fourth-order valence-corrected chi connectivity index (χ4v) is 2.36. The van der Waals surface area contributed by atoms with E-state index in [1.165, 1.54) is 0 Å². The van der Waals surface area contributed by atoms with Gasteiger partial charge in [0.25, 0.3) is 0 Å². The first-order valence-corrected chi connectivity index (χ1v) is 6.43. The molecule has 102 valence electrons. The standard InChI is InChI=1S/C15H14N2O3/c18-14-8-12(11-5-1-2-6-13(11)17-14)15(19)16-9-10-4-3-7-20-10/h1-7,12H,8-9H2,(H,16,19)(H,17,18)/t12-/m0/s1. The monoisotopic (exact) mass is 270 g/mol. The minimum Gasteiger partial charge on any atom is -0.467 e. The molecule has 3 rings (SSSR count). The summed E-state index contributed by atoms with van der Waals surface area (Å²) in [4.78, 5) is 23.9. The van der Waals surface area contributed by atoms with Crippen LogP contribution in [0.15, 0.2) is 47.1 Å². The van der Waals surface area contributed by atoms with Crippen LogP contribution in [0.2, 0.25) is 0 Å². The average Bonchev–Trinajstić information content (AvgIpc) is 2.97.